The molecule has 0 aliphatic rings. The van der Waals surface area contributed by atoms with E-state index in [4.69, 9.17) is 11.6 Å². The van der Waals surface area contributed by atoms with Crippen LogP contribution in [0.4, 0.5) is 0 Å². The minimum atomic E-state index is 0.767. The maximum atomic E-state index is 5.74. The summed E-state index contributed by atoms with van der Waals surface area (Å²) >= 11 is 5.74. The summed E-state index contributed by atoms with van der Waals surface area (Å²) < 4.78 is 0. The lowest BCUT2D eigenvalue weighted by molar-refractivity contribution is 1.21. The highest BCUT2D eigenvalue weighted by Gasteiger charge is 1.93. The van der Waals surface area contributed by atoms with Crippen molar-refractivity contribution in [1.29, 1.82) is 0 Å². The number of halogens is 1. The monoisotopic (exact) mass is 178 g/mol. The molecule has 0 heterocycles. The predicted molar refractivity (Wildman–Crippen MR) is 54.5 cm³/mol. The summed E-state index contributed by atoms with van der Waals surface area (Å²) in [6.45, 7) is 7.49. The lowest BCUT2D eigenvalue weighted by atomic mass is 10.1. The van der Waals surface area contributed by atoms with Crippen molar-refractivity contribution in [2.75, 3.05) is 0 Å². The molecule has 0 N–H and O–H groups in total. The van der Waals surface area contributed by atoms with Gasteiger partial charge < -0.3 is 0 Å². The van der Waals surface area contributed by atoms with Crippen molar-refractivity contribution in [3.63, 3.8) is 0 Å². The highest BCUT2D eigenvalue weighted by Crippen LogP contribution is 2.12. The molecule has 0 bridgehead atoms. The summed E-state index contributed by atoms with van der Waals surface area (Å²) in [6.07, 6.45) is 2.62. The fraction of sp³-hybridized carbons (Fsp3) is 0.0909. The molecule has 0 saturated heterocycles. The first kappa shape index (κ1) is 9.08. The van der Waals surface area contributed by atoms with Gasteiger partial charge in [-0.05, 0) is 24.1 Å². The van der Waals surface area contributed by atoms with Crippen LogP contribution in [0, 0.1) is 0 Å². The number of benzene rings is 1. The minimum absolute atomic E-state index is 0.767. The highest BCUT2D eigenvalue weighted by molar-refractivity contribution is 6.30. The molecule has 0 unspecified atom stereocenters. The molecule has 1 heteroatoms. The zero-order valence-electron chi connectivity index (χ0n) is 6.89. The second kappa shape index (κ2) is 4.13. The van der Waals surface area contributed by atoms with Gasteiger partial charge in [0.1, 0.15) is 0 Å². The fourth-order valence-electron chi connectivity index (χ4n) is 0.937. The van der Waals surface area contributed by atoms with Gasteiger partial charge in [-0.15, -0.1) is 0 Å². The third-order valence-corrected chi connectivity index (χ3v) is 1.89. The molecule has 62 valence electrons. The van der Waals surface area contributed by atoms with Crippen LogP contribution in [0.25, 0.3) is 0 Å². The van der Waals surface area contributed by atoms with Crippen molar-refractivity contribution in [2.45, 2.75) is 6.42 Å². The zero-order valence-corrected chi connectivity index (χ0v) is 7.64. The summed E-state index contributed by atoms with van der Waals surface area (Å²) in [4.78, 5) is 0. The molecule has 12 heavy (non-hydrogen) atoms. The summed E-state index contributed by atoms with van der Waals surface area (Å²) in [6, 6.07) is 7.76. The van der Waals surface area contributed by atoms with Crippen LogP contribution in [0.1, 0.15) is 5.56 Å². The molecule has 1 rings (SSSR count). The fourth-order valence-corrected chi connectivity index (χ4v) is 1.06. The average molecular weight is 179 g/mol. The minimum Gasteiger partial charge on any atom is -0.0988 e. The molecule has 0 spiro atoms. The van der Waals surface area contributed by atoms with E-state index in [1.54, 1.807) is 6.08 Å². The normalized spacial score (nSPS) is 9.42. The van der Waals surface area contributed by atoms with Crippen molar-refractivity contribution in [2.24, 2.45) is 0 Å². The standard InChI is InChI=1S/C11H11Cl/c1-3-9(2)8-10-4-6-11(12)7-5-10/h3-7H,1-2,8H2. The van der Waals surface area contributed by atoms with Crippen LogP contribution in [0.2, 0.25) is 5.02 Å². The van der Waals surface area contributed by atoms with Crippen molar-refractivity contribution >= 4 is 11.6 Å². The maximum absolute atomic E-state index is 5.74. The van der Waals surface area contributed by atoms with Crippen LogP contribution in [0.15, 0.2) is 49.1 Å². The van der Waals surface area contributed by atoms with Gasteiger partial charge in [0.05, 0.1) is 0 Å². The van der Waals surface area contributed by atoms with E-state index < -0.39 is 0 Å². The quantitative estimate of drug-likeness (QED) is 0.621. The molecular weight excluding hydrogens is 168 g/mol. The Bertz CT molecular complexity index is 282. The SMILES string of the molecule is C=CC(=C)Cc1ccc(Cl)cc1. The van der Waals surface area contributed by atoms with Gasteiger partial charge in [-0.25, -0.2) is 0 Å². The number of hydrogen-bond donors (Lipinski definition) is 0. The Morgan fingerprint density at radius 1 is 1.33 bits per heavy atom. The van der Waals surface area contributed by atoms with Gasteiger partial charge in [0.15, 0.2) is 0 Å². The first-order valence-electron chi connectivity index (χ1n) is 3.77. The second-order valence-corrected chi connectivity index (χ2v) is 3.10. The van der Waals surface area contributed by atoms with E-state index in [1.165, 1.54) is 5.56 Å². The van der Waals surface area contributed by atoms with Gasteiger partial charge >= 0.3 is 0 Å². The molecule has 0 aliphatic heterocycles. The first-order valence-corrected chi connectivity index (χ1v) is 4.15. The van der Waals surface area contributed by atoms with Crippen LogP contribution in [-0.4, -0.2) is 0 Å². The number of allylic oxidation sites excluding steroid dienone is 2. The molecule has 0 atom stereocenters. The summed E-state index contributed by atoms with van der Waals surface area (Å²) in [5.41, 5.74) is 2.24. The van der Waals surface area contributed by atoms with Crippen molar-refractivity contribution in [1.82, 2.24) is 0 Å². The van der Waals surface area contributed by atoms with Crippen LogP contribution in [-0.2, 0) is 6.42 Å². The van der Waals surface area contributed by atoms with E-state index in [9.17, 15) is 0 Å². The van der Waals surface area contributed by atoms with Gasteiger partial charge in [-0.3, -0.25) is 0 Å². The third-order valence-electron chi connectivity index (χ3n) is 1.63. The molecule has 0 nitrogen and oxygen atoms in total. The van der Waals surface area contributed by atoms with Gasteiger partial charge in [0, 0.05) is 5.02 Å². The lowest BCUT2D eigenvalue weighted by Crippen LogP contribution is -1.84. The molecule has 0 saturated carbocycles. The average Bonchev–Trinajstić information content (AvgIpc) is 2.09. The summed E-state index contributed by atoms with van der Waals surface area (Å²) in [7, 11) is 0. The maximum Gasteiger partial charge on any atom is 0.0406 e. The summed E-state index contributed by atoms with van der Waals surface area (Å²) in [5.74, 6) is 0. The van der Waals surface area contributed by atoms with Crippen molar-refractivity contribution < 1.29 is 0 Å². The molecule has 1 aromatic rings. The van der Waals surface area contributed by atoms with Gasteiger partial charge in [-0.2, -0.15) is 0 Å². The van der Waals surface area contributed by atoms with Gasteiger partial charge in [-0.1, -0.05) is 48.5 Å². The van der Waals surface area contributed by atoms with E-state index in [-0.39, 0.29) is 0 Å². The largest absolute Gasteiger partial charge is 0.0988 e. The Labute approximate surface area is 78.2 Å². The summed E-state index contributed by atoms with van der Waals surface area (Å²) in [5, 5.41) is 0.767. The Balaban J connectivity index is 2.71. The van der Waals surface area contributed by atoms with Crippen molar-refractivity contribution in [3.05, 3.63) is 59.7 Å². The molecular formula is C11H11Cl. The topological polar surface area (TPSA) is 0 Å². The highest BCUT2D eigenvalue weighted by atomic mass is 35.5. The van der Waals surface area contributed by atoms with E-state index in [1.807, 2.05) is 24.3 Å². The Morgan fingerprint density at radius 2 is 1.92 bits per heavy atom. The van der Waals surface area contributed by atoms with Crippen LogP contribution >= 0.6 is 11.6 Å². The third kappa shape index (κ3) is 2.55. The van der Waals surface area contributed by atoms with Gasteiger partial charge in [0.2, 0.25) is 0 Å². The molecule has 0 radical (unpaired) electrons. The van der Waals surface area contributed by atoms with E-state index in [2.05, 4.69) is 13.2 Å². The lowest BCUT2D eigenvalue weighted by Gasteiger charge is -1.99. The number of hydrogen-bond acceptors (Lipinski definition) is 0. The number of rotatable bonds is 3. The Hall–Kier alpha value is -1.01. The van der Waals surface area contributed by atoms with E-state index >= 15 is 0 Å². The molecule has 0 fully saturated rings. The zero-order chi connectivity index (χ0) is 8.97. The Morgan fingerprint density at radius 3 is 2.42 bits per heavy atom. The predicted octanol–water partition coefficient (Wildman–Crippen LogP) is 3.62. The van der Waals surface area contributed by atoms with Crippen LogP contribution < -0.4 is 0 Å². The first-order chi connectivity index (χ1) is 5.72. The molecule has 0 amide bonds. The van der Waals surface area contributed by atoms with Crippen molar-refractivity contribution in [3.8, 4) is 0 Å². The smallest absolute Gasteiger partial charge is 0.0406 e. The van der Waals surface area contributed by atoms with E-state index in [0.717, 1.165) is 17.0 Å². The molecule has 0 aliphatic carbocycles. The van der Waals surface area contributed by atoms with Gasteiger partial charge in [0.25, 0.3) is 0 Å². The molecule has 1 aromatic carbocycles. The second-order valence-electron chi connectivity index (χ2n) is 2.67. The Kier molecular flexibility index (Phi) is 3.12. The molecule has 0 aromatic heterocycles. The van der Waals surface area contributed by atoms with Crippen LogP contribution in [0.5, 0.6) is 0 Å². The van der Waals surface area contributed by atoms with Crippen LogP contribution in [0.3, 0.4) is 0 Å². The van der Waals surface area contributed by atoms with E-state index in [0.29, 0.717) is 0 Å².